The van der Waals surface area contributed by atoms with Gasteiger partial charge in [0, 0.05) is 17.1 Å². The van der Waals surface area contributed by atoms with Crippen LogP contribution in [0.5, 0.6) is 5.75 Å². The molecule has 1 amide bonds. The minimum Gasteiger partial charge on any atom is -0.483 e. The Bertz CT molecular complexity index is 478. The lowest BCUT2D eigenvalue weighted by Gasteiger charge is -2.17. The quantitative estimate of drug-likeness (QED) is 0.752. The third-order valence-corrected chi connectivity index (χ3v) is 3.70. The Morgan fingerprint density at radius 2 is 2.14 bits per heavy atom. The van der Waals surface area contributed by atoms with Gasteiger partial charge in [-0.25, -0.2) is 0 Å². The van der Waals surface area contributed by atoms with Crippen LogP contribution in [-0.2, 0) is 11.2 Å². The van der Waals surface area contributed by atoms with Crippen LogP contribution in [0.4, 0.5) is 0 Å². The summed E-state index contributed by atoms with van der Waals surface area (Å²) in [6.45, 7) is 6.77. The summed E-state index contributed by atoms with van der Waals surface area (Å²) in [5.41, 5.74) is 8.09. The van der Waals surface area contributed by atoms with E-state index in [9.17, 15) is 4.79 Å². The molecule has 0 radical (unpaired) electrons. The predicted molar refractivity (Wildman–Crippen MR) is 89.6 cm³/mol. The zero-order valence-electron chi connectivity index (χ0n) is 13.0. The Kier molecular flexibility index (Phi) is 7.75. The second-order valence-electron chi connectivity index (χ2n) is 5.22. The van der Waals surface area contributed by atoms with Crippen molar-refractivity contribution in [2.45, 2.75) is 46.1 Å². The molecule has 1 aromatic carbocycles. The predicted octanol–water partition coefficient (Wildman–Crippen LogP) is 2.94. The Hall–Kier alpha value is -1.07. The number of ether oxygens (including phenoxy) is 1. The molecule has 0 saturated carbocycles. The van der Waals surface area contributed by atoms with Crippen LogP contribution in [0, 0.1) is 6.92 Å². The molecule has 0 aliphatic heterocycles. The lowest BCUT2D eigenvalue weighted by Crippen LogP contribution is -2.30. The van der Waals surface area contributed by atoms with E-state index in [1.54, 1.807) is 0 Å². The molecule has 0 aliphatic carbocycles. The van der Waals surface area contributed by atoms with Crippen molar-refractivity contribution in [2.75, 3.05) is 13.2 Å². The number of nitrogens with two attached hydrogens (primary N) is 1. The van der Waals surface area contributed by atoms with Gasteiger partial charge >= 0.3 is 0 Å². The summed E-state index contributed by atoms with van der Waals surface area (Å²) >= 11 is 3.50. The highest BCUT2D eigenvalue weighted by Crippen LogP contribution is 2.29. The molecule has 1 atom stereocenters. The molecule has 0 heterocycles. The second kappa shape index (κ2) is 9.05. The van der Waals surface area contributed by atoms with Gasteiger partial charge in [0.15, 0.2) is 6.61 Å². The molecule has 1 rings (SSSR count). The van der Waals surface area contributed by atoms with Crippen molar-refractivity contribution in [2.24, 2.45) is 5.73 Å². The van der Waals surface area contributed by atoms with Gasteiger partial charge in [-0.2, -0.15) is 0 Å². The lowest BCUT2D eigenvalue weighted by atomic mass is 10.0. The number of hydrogen-bond acceptors (Lipinski definition) is 3. The molecular weight excluding hydrogens is 332 g/mol. The number of nitrogens with one attached hydrogen (secondary N) is 1. The molecule has 0 fully saturated rings. The molecule has 5 heteroatoms. The Balaban J connectivity index is 2.81. The first kappa shape index (κ1) is 18.0. The zero-order chi connectivity index (χ0) is 15.8. The van der Waals surface area contributed by atoms with Gasteiger partial charge in [0.25, 0.3) is 5.91 Å². The Morgan fingerprint density at radius 1 is 1.43 bits per heavy atom. The highest BCUT2D eigenvalue weighted by molar-refractivity contribution is 9.10. The first-order valence-electron chi connectivity index (χ1n) is 7.42. The second-order valence-corrected chi connectivity index (χ2v) is 6.14. The van der Waals surface area contributed by atoms with Crippen LogP contribution in [0.3, 0.4) is 0 Å². The summed E-state index contributed by atoms with van der Waals surface area (Å²) in [7, 11) is 0. The molecule has 0 spiro atoms. The van der Waals surface area contributed by atoms with Crippen LogP contribution in [0.15, 0.2) is 16.6 Å². The third kappa shape index (κ3) is 6.06. The highest BCUT2D eigenvalue weighted by Gasteiger charge is 2.13. The molecule has 1 aromatic rings. The van der Waals surface area contributed by atoms with E-state index in [2.05, 4.69) is 28.2 Å². The van der Waals surface area contributed by atoms with Gasteiger partial charge in [-0.05, 0) is 49.4 Å². The van der Waals surface area contributed by atoms with Gasteiger partial charge in [-0.3, -0.25) is 4.79 Å². The Morgan fingerprint density at radius 3 is 2.76 bits per heavy atom. The fourth-order valence-corrected chi connectivity index (χ4v) is 2.66. The Labute approximate surface area is 135 Å². The van der Waals surface area contributed by atoms with Gasteiger partial charge in [0.05, 0.1) is 0 Å². The summed E-state index contributed by atoms with van der Waals surface area (Å²) in [6.07, 6.45) is 2.56. The zero-order valence-corrected chi connectivity index (χ0v) is 14.6. The molecule has 4 nitrogen and oxygen atoms in total. The lowest BCUT2D eigenvalue weighted by molar-refractivity contribution is -0.123. The molecule has 0 aliphatic rings. The first-order valence-corrected chi connectivity index (χ1v) is 8.21. The number of benzene rings is 1. The van der Waals surface area contributed by atoms with Crippen molar-refractivity contribution in [1.82, 2.24) is 5.32 Å². The smallest absolute Gasteiger partial charge is 0.257 e. The number of halogens is 1. The van der Waals surface area contributed by atoms with Crippen molar-refractivity contribution in [1.29, 1.82) is 0 Å². The minimum absolute atomic E-state index is 0.0385. The van der Waals surface area contributed by atoms with Crippen molar-refractivity contribution in [3.63, 3.8) is 0 Å². The van der Waals surface area contributed by atoms with Gasteiger partial charge < -0.3 is 15.8 Å². The molecule has 0 bridgehead atoms. The molecule has 1 unspecified atom stereocenters. The summed E-state index contributed by atoms with van der Waals surface area (Å²) in [5.74, 6) is 0.679. The van der Waals surface area contributed by atoms with Gasteiger partial charge in [0.1, 0.15) is 5.75 Å². The van der Waals surface area contributed by atoms with Crippen molar-refractivity contribution in [3.05, 3.63) is 27.7 Å². The van der Waals surface area contributed by atoms with Crippen LogP contribution < -0.4 is 15.8 Å². The molecule has 0 saturated heterocycles. The van der Waals surface area contributed by atoms with E-state index in [-0.39, 0.29) is 18.6 Å². The van der Waals surface area contributed by atoms with Crippen molar-refractivity contribution < 1.29 is 9.53 Å². The normalized spacial score (nSPS) is 12.0. The molecule has 21 heavy (non-hydrogen) atoms. The summed E-state index contributed by atoms with van der Waals surface area (Å²) in [4.78, 5) is 11.7. The topological polar surface area (TPSA) is 64.3 Å². The van der Waals surface area contributed by atoms with Crippen molar-refractivity contribution >= 4 is 21.8 Å². The highest BCUT2D eigenvalue weighted by atomic mass is 79.9. The molecule has 118 valence electrons. The van der Waals surface area contributed by atoms with Gasteiger partial charge in [-0.1, -0.05) is 29.8 Å². The van der Waals surface area contributed by atoms with E-state index in [0.717, 1.165) is 40.6 Å². The van der Waals surface area contributed by atoms with Crippen LogP contribution in [0.2, 0.25) is 0 Å². The van der Waals surface area contributed by atoms with E-state index in [1.165, 1.54) is 0 Å². The maximum absolute atomic E-state index is 11.7. The number of hydrogen-bond donors (Lipinski definition) is 2. The molecule has 3 N–H and O–H groups in total. The number of carbonyl (C=O) groups is 1. The first-order chi connectivity index (χ1) is 9.97. The van der Waals surface area contributed by atoms with Gasteiger partial charge in [-0.15, -0.1) is 0 Å². The standard InChI is InChI=1S/C16H25BrN2O2/c1-4-6-19-15(20)10-21-16-11(3)7-13(17)8-12(16)9-14(18)5-2/h7-8,14H,4-6,9-10,18H2,1-3H3,(H,19,20). The number of carbonyl (C=O) groups excluding carboxylic acids is 1. The van der Waals surface area contributed by atoms with Crippen molar-refractivity contribution in [3.8, 4) is 5.75 Å². The molecule has 0 aromatic heterocycles. The summed E-state index contributed by atoms with van der Waals surface area (Å²) in [5, 5.41) is 2.81. The van der Waals surface area contributed by atoms with E-state index < -0.39 is 0 Å². The van der Waals surface area contributed by atoms with E-state index in [1.807, 2.05) is 26.0 Å². The third-order valence-electron chi connectivity index (χ3n) is 3.24. The summed E-state index contributed by atoms with van der Waals surface area (Å²) in [6, 6.07) is 4.09. The van der Waals surface area contributed by atoms with Crippen LogP contribution in [0.25, 0.3) is 0 Å². The van der Waals surface area contributed by atoms with E-state index >= 15 is 0 Å². The van der Waals surface area contributed by atoms with Crippen LogP contribution in [0.1, 0.15) is 37.8 Å². The number of amides is 1. The van der Waals surface area contributed by atoms with E-state index in [0.29, 0.717) is 6.54 Å². The van der Waals surface area contributed by atoms with Crippen LogP contribution >= 0.6 is 15.9 Å². The fourth-order valence-electron chi connectivity index (χ4n) is 2.04. The largest absolute Gasteiger partial charge is 0.483 e. The average Bonchev–Trinajstić information content (AvgIpc) is 2.43. The monoisotopic (exact) mass is 356 g/mol. The minimum atomic E-state index is -0.0927. The number of aryl methyl sites for hydroxylation is 1. The van der Waals surface area contributed by atoms with E-state index in [4.69, 9.17) is 10.5 Å². The van der Waals surface area contributed by atoms with Crippen LogP contribution in [-0.4, -0.2) is 25.1 Å². The molecular formula is C16H25BrN2O2. The summed E-state index contributed by atoms with van der Waals surface area (Å²) < 4.78 is 6.74. The maximum atomic E-state index is 11.7. The maximum Gasteiger partial charge on any atom is 0.257 e. The fraction of sp³-hybridized carbons (Fsp3) is 0.562. The van der Waals surface area contributed by atoms with Gasteiger partial charge in [0.2, 0.25) is 0 Å². The SMILES string of the molecule is CCCNC(=O)COc1c(C)cc(Br)cc1CC(N)CC. The average molecular weight is 357 g/mol. The number of rotatable bonds is 8.